The lowest BCUT2D eigenvalue weighted by molar-refractivity contribution is 0.669. The third kappa shape index (κ3) is 15.0. The third-order valence-corrected chi connectivity index (χ3v) is 29.9. The fraction of sp³-hybridized carbons (Fsp3) is 0.0207. The second-order valence-electron chi connectivity index (χ2n) is 38.0. The van der Waals surface area contributed by atoms with Gasteiger partial charge >= 0.3 is 0 Å². The maximum atomic E-state index is 6.57. The van der Waals surface area contributed by atoms with Crippen molar-refractivity contribution in [2.24, 2.45) is 0 Å². The molecule has 0 saturated carbocycles. The Hall–Kier alpha value is -19.1. The van der Waals surface area contributed by atoms with Crippen LogP contribution in [-0.2, 0) is 0 Å². The van der Waals surface area contributed by atoms with E-state index in [0.717, 1.165) is 99.2 Å². The number of hydrogen-bond acceptors (Lipinski definition) is 3. The topological polar surface area (TPSA) is 39.4 Å². The summed E-state index contributed by atoms with van der Waals surface area (Å²) in [6.45, 7) is 0. The zero-order chi connectivity index (χ0) is 102. The highest BCUT2D eigenvalue weighted by atomic mass is 16.3. The Bertz CT molecular complexity index is 10300. The molecule has 0 amide bonds. The van der Waals surface area contributed by atoms with Gasteiger partial charge < -0.3 is 13.3 Å². The van der Waals surface area contributed by atoms with E-state index < -0.39 is 0 Å². The minimum absolute atomic E-state index is 0.904. The SMILES string of the molecule is [2H]C.[2H]C.[2H]C.c1ccc(-c2c(-c3c4ccccc4c(-c4cc(-c5ccccc5)c5oc6ccccc6c5c4)c4ccccc34)ccc3ccccc23)cc1.c1ccc(-c2cc(-c3c4ccccc4c(-c4cc5ccccc5c5ccccc45)c4ccccc34)cc3c2oc2ccccc23)cc1.c1ccc(-c2ccc(-c3c4ccccc4c(-c4cc(-c5ccccc5)c5oc6ccccc6c5c4)c4ccccc34)c3ccccc23)cc1. The van der Waals surface area contributed by atoms with Gasteiger partial charge in [-0.15, -0.1) is 0 Å². The van der Waals surface area contributed by atoms with Crippen LogP contribution in [0.3, 0.4) is 0 Å². The van der Waals surface area contributed by atoms with Gasteiger partial charge in [-0.05, 0) is 274 Å². The predicted molar refractivity (Wildman–Crippen MR) is 636 cm³/mol. The molecule has 0 spiro atoms. The molecule has 0 aliphatic carbocycles. The van der Waals surface area contributed by atoms with Crippen molar-refractivity contribution in [3.8, 4) is 122 Å². The molecule has 0 bridgehead atoms. The highest BCUT2D eigenvalue weighted by molar-refractivity contribution is 6.31. The number of hydrogen-bond donors (Lipinski definition) is 0. The van der Waals surface area contributed by atoms with E-state index in [2.05, 4.69) is 516 Å². The quantitative estimate of drug-likeness (QED) is 0.0957. The third-order valence-electron chi connectivity index (χ3n) is 29.9. The van der Waals surface area contributed by atoms with E-state index in [0.29, 0.717) is 0 Å². The normalized spacial score (nSPS) is 11.6. The molecule has 3 nitrogen and oxygen atoms in total. The molecule has 30 aromatic rings. The summed E-state index contributed by atoms with van der Waals surface area (Å²) in [7, 11) is 3.75. The van der Waals surface area contributed by atoms with E-state index in [1.54, 1.807) is 0 Å². The van der Waals surface area contributed by atoms with Gasteiger partial charge in [0.15, 0.2) is 0 Å². The maximum absolute atomic E-state index is 6.57. The van der Waals surface area contributed by atoms with E-state index >= 15 is 0 Å². The van der Waals surface area contributed by atoms with Crippen LogP contribution in [0, 0.1) is 0 Å². The molecule has 0 radical (unpaired) electrons. The predicted octanol–water partition coefficient (Wildman–Crippen LogP) is 42.5. The van der Waals surface area contributed by atoms with Gasteiger partial charge in [0.1, 0.15) is 33.5 Å². The van der Waals surface area contributed by atoms with Crippen LogP contribution in [0.1, 0.15) is 26.3 Å². The zero-order valence-corrected chi connectivity index (χ0v) is 82.0. The molecule has 3 heteroatoms. The molecule has 698 valence electrons. The molecule has 3 aromatic heterocycles. The molecule has 0 saturated heterocycles. The fourth-order valence-corrected chi connectivity index (χ4v) is 23.6. The van der Waals surface area contributed by atoms with E-state index in [-0.39, 0.29) is 0 Å². The Balaban J connectivity index is 0.000000114. The van der Waals surface area contributed by atoms with E-state index in [9.17, 15) is 0 Å². The molecular weight excluding hydrogens is 1790 g/mol. The molecule has 0 fully saturated rings. The van der Waals surface area contributed by atoms with E-state index in [1.165, 1.54) is 219 Å². The summed E-state index contributed by atoms with van der Waals surface area (Å²) in [5.41, 5.74) is 32.0. The number of para-hydroxylation sites is 3. The standard InChI is InChI=1S/2C48H30O.C46H28O.3CH4/c1-3-15-31(16-4-1)42-29-34(30-43-36-21-13-14-26-44(36)49-48(42)43)46-37-22-9-11-24-39(37)47(40-25-12-10-23-38(40)46)41-28-27-32-17-7-8-20-35(32)45(41)33-18-5-2-6-19-33;1-3-15-31(16-4-1)34-27-28-42(36-20-8-7-19-35(34)36)47-40-24-11-9-22-38(40)46(39-23-10-12-25-41(39)47)33-29-43(32-17-5-2-6-18-32)48-44(30-33)37-21-13-14-26-45(37)49-48;1-2-14-29(15-3-1)40-27-31(28-42-35-20-12-13-25-43(35)47-46(40)42)44-36-21-8-10-23-38(36)45(39-24-11-9-22-37(39)44)41-26-30-16-4-5-17-32(30)33-18-6-7-19-34(33)41;;;/h2*1-30H;1-28H;3*1H4/i;;;3*1D. The minimum atomic E-state index is 0.904. The Labute approximate surface area is 863 Å². The zero-order valence-electron chi connectivity index (χ0n) is 85.0. The van der Waals surface area contributed by atoms with Crippen molar-refractivity contribution in [1.82, 2.24) is 0 Å². The Morgan fingerprint density at radius 1 is 0.115 bits per heavy atom. The highest BCUT2D eigenvalue weighted by Crippen LogP contribution is 2.55. The van der Waals surface area contributed by atoms with Crippen LogP contribution in [0.25, 0.3) is 296 Å². The Morgan fingerprint density at radius 3 is 0.696 bits per heavy atom. The number of furan rings is 3. The van der Waals surface area contributed by atoms with Gasteiger partial charge in [0.25, 0.3) is 0 Å². The second-order valence-corrected chi connectivity index (χ2v) is 38.0. The lowest BCUT2D eigenvalue weighted by Gasteiger charge is -2.21. The summed E-state index contributed by atoms with van der Waals surface area (Å²) >= 11 is 0. The van der Waals surface area contributed by atoms with Crippen molar-refractivity contribution >= 4 is 174 Å². The van der Waals surface area contributed by atoms with Crippen LogP contribution in [-0.4, -0.2) is 0 Å². The van der Waals surface area contributed by atoms with Crippen molar-refractivity contribution < 1.29 is 17.4 Å². The van der Waals surface area contributed by atoms with Gasteiger partial charge in [0.2, 0.25) is 0 Å². The molecule has 0 atom stereocenters. The Morgan fingerprint density at radius 2 is 0.345 bits per heavy atom. The van der Waals surface area contributed by atoms with Gasteiger partial charge in [-0.25, -0.2) is 0 Å². The van der Waals surface area contributed by atoms with Crippen LogP contribution in [0.5, 0.6) is 0 Å². The molecule has 0 N–H and O–H groups in total. The van der Waals surface area contributed by atoms with Gasteiger partial charge in [-0.1, -0.05) is 495 Å². The van der Waals surface area contributed by atoms with Gasteiger partial charge in [0, 0.05) is 53.1 Å². The van der Waals surface area contributed by atoms with Crippen molar-refractivity contribution in [2.45, 2.75) is 22.2 Å². The van der Waals surface area contributed by atoms with E-state index in [1.807, 2.05) is 18.2 Å². The average Bonchev–Trinajstić information content (AvgIpc) is 0.998. The smallest absolute Gasteiger partial charge is 0.143 e. The van der Waals surface area contributed by atoms with Gasteiger partial charge in [-0.3, -0.25) is 0 Å². The van der Waals surface area contributed by atoms with Crippen LogP contribution in [0.15, 0.2) is 547 Å². The summed E-state index contributed by atoms with van der Waals surface area (Å²) in [6.07, 6.45) is 0. The summed E-state index contributed by atoms with van der Waals surface area (Å²) in [6, 6.07) is 193. The van der Waals surface area contributed by atoms with Crippen LogP contribution in [0.4, 0.5) is 0 Å². The van der Waals surface area contributed by atoms with Crippen LogP contribution >= 0.6 is 0 Å². The lowest BCUT2D eigenvalue weighted by atomic mass is 9.82. The molecule has 27 aromatic carbocycles. The van der Waals surface area contributed by atoms with Crippen LogP contribution in [0.2, 0.25) is 0 Å². The first-order valence-electron chi connectivity index (χ1n) is 52.9. The van der Waals surface area contributed by atoms with Crippen molar-refractivity contribution in [1.29, 1.82) is 0 Å². The number of fused-ring (bicyclic) bond motifs is 20. The van der Waals surface area contributed by atoms with E-state index in [4.69, 9.17) is 17.4 Å². The molecular formula is C145H100O3. The molecule has 0 unspecified atom stereocenters. The molecule has 148 heavy (non-hydrogen) atoms. The van der Waals surface area contributed by atoms with Gasteiger partial charge in [-0.2, -0.15) is 0 Å². The molecule has 30 rings (SSSR count). The van der Waals surface area contributed by atoms with Crippen molar-refractivity contribution in [3.05, 3.63) is 534 Å². The first-order chi connectivity index (χ1) is 75.0. The molecule has 0 aliphatic heterocycles. The molecule has 3 heterocycles. The summed E-state index contributed by atoms with van der Waals surface area (Å²) in [4.78, 5) is 0. The average molecular weight is 1890 g/mol. The largest absolute Gasteiger partial charge is 0.455 e. The first kappa shape index (κ1) is 86.8. The van der Waals surface area contributed by atoms with Crippen molar-refractivity contribution in [3.63, 3.8) is 0 Å². The molecule has 0 aliphatic rings. The van der Waals surface area contributed by atoms with Crippen molar-refractivity contribution in [2.75, 3.05) is 0 Å². The summed E-state index contributed by atoms with van der Waals surface area (Å²) in [5.74, 6) is 0. The highest BCUT2D eigenvalue weighted by Gasteiger charge is 2.29. The van der Waals surface area contributed by atoms with Gasteiger partial charge in [0.05, 0.1) is 0 Å². The first-order valence-corrected chi connectivity index (χ1v) is 49.9. The van der Waals surface area contributed by atoms with Crippen LogP contribution < -0.4 is 0 Å². The monoisotopic (exact) mass is 1890 g/mol. The maximum Gasteiger partial charge on any atom is 0.143 e. The number of rotatable bonds is 11. The fourth-order valence-electron chi connectivity index (χ4n) is 23.6. The number of benzene rings is 27. The lowest BCUT2D eigenvalue weighted by Crippen LogP contribution is -1.94. The summed E-state index contributed by atoms with van der Waals surface area (Å²) < 4.78 is 36.9. The Kier molecular flexibility index (Phi) is 22.1. The minimum Gasteiger partial charge on any atom is -0.455 e. The second kappa shape index (κ2) is 37.7. The summed E-state index contributed by atoms with van der Waals surface area (Å²) in [5, 5.41) is 31.8.